The molecule has 1 aromatic rings. The van der Waals surface area contributed by atoms with E-state index in [1.165, 1.54) is 25.2 Å². The van der Waals surface area contributed by atoms with Gasteiger partial charge < -0.3 is 10.6 Å². The van der Waals surface area contributed by atoms with Gasteiger partial charge in [-0.2, -0.15) is 0 Å². The summed E-state index contributed by atoms with van der Waals surface area (Å²) >= 11 is 0. The van der Waals surface area contributed by atoms with Gasteiger partial charge in [0.1, 0.15) is 5.69 Å². The summed E-state index contributed by atoms with van der Waals surface area (Å²) in [4.78, 5) is 11.8. The fraction of sp³-hybridized carbons (Fsp3) is 0.500. The number of nitro groups is 1. The Labute approximate surface area is 124 Å². The zero-order valence-electron chi connectivity index (χ0n) is 12.3. The number of hydrogen-bond donors (Lipinski definition) is 1. The molecule has 0 atom stereocenters. The molecule has 0 aliphatic carbocycles. The van der Waals surface area contributed by atoms with Gasteiger partial charge in [-0.1, -0.05) is 6.07 Å². The van der Waals surface area contributed by atoms with Crippen molar-refractivity contribution >= 4 is 21.4 Å². The van der Waals surface area contributed by atoms with Gasteiger partial charge >= 0.3 is 5.69 Å². The van der Waals surface area contributed by atoms with Gasteiger partial charge in [-0.3, -0.25) is 10.1 Å². The second kappa shape index (κ2) is 6.83. The third-order valence-corrected chi connectivity index (χ3v) is 4.87. The van der Waals surface area contributed by atoms with E-state index in [1.54, 1.807) is 0 Å². The molecule has 9 heteroatoms. The van der Waals surface area contributed by atoms with Gasteiger partial charge in [-0.15, -0.1) is 0 Å². The van der Waals surface area contributed by atoms with Gasteiger partial charge in [0.2, 0.25) is 10.0 Å². The highest BCUT2D eigenvalue weighted by atomic mass is 32.2. The van der Waals surface area contributed by atoms with Crippen molar-refractivity contribution in [3.8, 4) is 0 Å². The van der Waals surface area contributed by atoms with Gasteiger partial charge in [0.15, 0.2) is 4.90 Å². The van der Waals surface area contributed by atoms with E-state index >= 15 is 0 Å². The van der Waals surface area contributed by atoms with E-state index in [0.717, 1.165) is 10.8 Å². The first kappa shape index (κ1) is 17.3. The molecule has 2 N–H and O–H groups in total. The largest absolute Gasteiger partial charge is 0.393 e. The number of benzene rings is 1. The van der Waals surface area contributed by atoms with Crippen LogP contribution >= 0.6 is 0 Å². The molecule has 1 aromatic carbocycles. The SMILES string of the molecule is CN(C)CCCN(C)S(=O)(=O)c1cccc(N)c1[N+](=O)[O-]. The van der Waals surface area contributed by atoms with E-state index in [9.17, 15) is 18.5 Å². The average Bonchev–Trinajstić information content (AvgIpc) is 2.37. The fourth-order valence-corrected chi connectivity index (χ4v) is 3.23. The first-order valence-electron chi connectivity index (χ1n) is 6.32. The summed E-state index contributed by atoms with van der Waals surface area (Å²) in [5, 5.41) is 11.1. The molecule has 0 heterocycles. The number of nitrogens with two attached hydrogens (primary N) is 1. The highest BCUT2D eigenvalue weighted by Crippen LogP contribution is 2.31. The van der Waals surface area contributed by atoms with E-state index in [2.05, 4.69) is 0 Å². The van der Waals surface area contributed by atoms with E-state index in [-0.39, 0.29) is 17.1 Å². The molecule has 0 fully saturated rings. The van der Waals surface area contributed by atoms with Gasteiger partial charge in [0.05, 0.1) is 4.92 Å². The topological polar surface area (TPSA) is 110 Å². The second-order valence-electron chi connectivity index (χ2n) is 4.93. The van der Waals surface area contributed by atoms with Crippen LogP contribution in [-0.4, -0.2) is 56.8 Å². The number of nitro benzene ring substituents is 1. The highest BCUT2D eigenvalue weighted by molar-refractivity contribution is 7.89. The Morgan fingerprint density at radius 3 is 2.38 bits per heavy atom. The summed E-state index contributed by atoms with van der Waals surface area (Å²) in [6.07, 6.45) is 0.624. The standard InChI is InChI=1S/C12H20N4O4S/c1-14(2)8-5-9-15(3)21(19,20)11-7-4-6-10(13)12(11)16(17)18/h4,6-7H,5,8-9,13H2,1-3H3. The lowest BCUT2D eigenvalue weighted by Crippen LogP contribution is -2.30. The molecule has 0 saturated heterocycles. The lowest BCUT2D eigenvalue weighted by molar-refractivity contribution is -0.386. The van der Waals surface area contributed by atoms with Crippen molar-refractivity contribution in [1.29, 1.82) is 0 Å². The van der Waals surface area contributed by atoms with Crippen LogP contribution in [0.1, 0.15) is 6.42 Å². The molecule has 0 amide bonds. The minimum absolute atomic E-state index is 0.164. The molecule has 0 aromatic heterocycles. The number of nitrogens with zero attached hydrogens (tertiary/aromatic N) is 3. The monoisotopic (exact) mass is 316 g/mol. The summed E-state index contributed by atoms with van der Waals surface area (Å²) in [6, 6.07) is 3.90. The number of hydrogen-bond acceptors (Lipinski definition) is 6. The Kier molecular flexibility index (Phi) is 5.64. The van der Waals surface area contributed by atoms with Gasteiger partial charge in [-0.05, 0) is 39.2 Å². The summed E-state index contributed by atoms with van der Waals surface area (Å²) in [6.45, 7) is 0.991. The summed E-state index contributed by atoms with van der Waals surface area (Å²) < 4.78 is 26.0. The predicted octanol–water partition coefficient (Wildman–Crippen LogP) is 0.749. The maximum absolute atomic E-state index is 12.4. The molecular weight excluding hydrogens is 296 g/mol. The number of rotatable bonds is 7. The van der Waals surface area contributed by atoms with Gasteiger partial charge in [0, 0.05) is 13.6 Å². The minimum Gasteiger partial charge on any atom is -0.393 e. The molecule has 8 nitrogen and oxygen atoms in total. The molecule has 0 saturated carbocycles. The quantitative estimate of drug-likeness (QED) is 0.451. The molecule has 0 aliphatic rings. The summed E-state index contributed by atoms with van der Waals surface area (Å²) in [5.74, 6) is 0. The predicted molar refractivity (Wildman–Crippen MR) is 80.5 cm³/mol. The molecule has 0 spiro atoms. The highest BCUT2D eigenvalue weighted by Gasteiger charge is 2.31. The Morgan fingerprint density at radius 2 is 1.86 bits per heavy atom. The molecule has 0 bridgehead atoms. The van der Waals surface area contributed by atoms with Crippen molar-refractivity contribution in [2.24, 2.45) is 0 Å². The molecule has 0 aliphatic heterocycles. The van der Waals surface area contributed by atoms with Crippen molar-refractivity contribution in [3.05, 3.63) is 28.3 Å². The normalized spacial score (nSPS) is 12.0. The van der Waals surface area contributed by atoms with E-state index in [4.69, 9.17) is 5.73 Å². The van der Waals surface area contributed by atoms with E-state index in [0.29, 0.717) is 6.42 Å². The molecule has 1 rings (SSSR count). The van der Waals surface area contributed by atoms with Crippen LogP contribution in [0.4, 0.5) is 11.4 Å². The smallest absolute Gasteiger partial charge is 0.312 e. The molecule has 0 unspecified atom stereocenters. The fourth-order valence-electron chi connectivity index (χ4n) is 1.84. The second-order valence-corrected chi connectivity index (χ2v) is 6.95. The van der Waals surface area contributed by atoms with Crippen LogP contribution in [0.5, 0.6) is 0 Å². The Bertz CT molecular complexity index is 616. The van der Waals surface area contributed by atoms with E-state index in [1.807, 2.05) is 19.0 Å². The van der Waals surface area contributed by atoms with Crippen LogP contribution in [0, 0.1) is 10.1 Å². The van der Waals surface area contributed by atoms with Gasteiger partial charge in [-0.25, -0.2) is 12.7 Å². The maximum atomic E-state index is 12.4. The number of para-hydroxylation sites is 1. The number of nitrogen functional groups attached to an aromatic ring is 1. The van der Waals surface area contributed by atoms with Crippen LogP contribution in [0.15, 0.2) is 23.1 Å². The first-order chi connectivity index (χ1) is 9.67. The lowest BCUT2D eigenvalue weighted by atomic mass is 10.3. The van der Waals surface area contributed by atoms with E-state index < -0.39 is 20.6 Å². The van der Waals surface area contributed by atoms with Crippen LogP contribution in [0.2, 0.25) is 0 Å². The Balaban J connectivity index is 3.08. The third kappa shape index (κ3) is 4.13. The van der Waals surface area contributed by atoms with Crippen molar-refractivity contribution in [2.75, 3.05) is 40.0 Å². The number of anilines is 1. The molecule has 21 heavy (non-hydrogen) atoms. The van der Waals surface area contributed by atoms with Crippen LogP contribution < -0.4 is 5.73 Å². The molecule has 0 radical (unpaired) electrons. The summed E-state index contributed by atoms with van der Waals surface area (Å²) in [7, 11) is 1.23. The van der Waals surface area contributed by atoms with Crippen LogP contribution in [0.25, 0.3) is 0 Å². The summed E-state index contributed by atoms with van der Waals surface area (Å²) in [5.41, 5.74) is 4.79. The van der Waals surface area contributed by atoms with Crippen molar-refractivity contribution < 1.29 is 13.3 Å². The van der Waals surface area contributed by atoms with Crippen LogP contribution in [0.3, 0.4) is 0 Å². The third-order valence-electron chi connectivity index (χ3n) is 2.98. The zero-order chi connectivity index (χ0) is 16.2. The van der Waals surface area contributed by atoms with Crippen molar-refractivity contribution in [1.82, 2.24) is 9.21 Å². The Morgan fingerprint density at radius 1 is 1.24 bits per heavy atom. The van der Waals surface area contributed by atoms with Gasteiger partial charge in [0.25, 0.3) is 0 Å². The lowest BCUT2D eigenvalue weighted by Gasteiger charge is -2.18. The average molecular weight is 316 g/mol. The minimum atomic E-state index is -3.94. The Hall–Kier alpha value is -1.71. The molecular formula is C12H20N4O4S. The zero-order valence-corrected chi connectivity index (χ0v) is 13.1. The van der Waals surface area contributed by atoms with Crippen molar-refractivity contribution in [3.63, 3.8) is 0 Å². The van der Waals surface area contributed by atoms with Crippen molar-refractivity contribution in [2.45, 2.75) is 11.3 Å². The first-order valence-corrected chi connectivity index (χ1v) is 7.76. The maximum Gasteiger partial charge on any atom is 0.312 e. The van der Waals surface area contributed by atoms with Crippen LogP contribution in [-0.2, 0) is 10.0 Å². The number of sulfonamides is 1. The molecule has 118 valence electrons.